The van der Waals surface area contributed by atoms with Crippen LogP contribution in [0.2, 0.25) is 0 Å². The average molecular weight is 217 g/mol. The van der Waals surface area contributed by atoms with Gasteiger partial charge in [0.2, 0.25) is 0 Å². The van der Waals surface area contributed by atoms with Gasteiger partial charge in [-0.15, -0.1) is 0 Å². The van der Waals surface area contributed by atoms with Crippen molar-refractivity contribution in [2.75, 3.05) is 7.11 Å². The maximum atomic E-state index is 11.2. The molecule has 0 amide bonds. The third kappa shape index (κ3) is 2.08. The lowest BCUT2D eigenvalue weighted by atomic mass is 10.1. The Morgan fingerprint density at radius 1 is 1.50 bits per heavy atom. The van der Waals surface area contributed by atoms with Gasteiger partial charge in [0.1, 0.15) is 0 Å². The zero-order valence-corrected chi connectivity index (χ0v) is 8.80. The SMILES string of the molecule is COC(=O)Cc1cn[nH]c1-c1cccnc1. The zero-order valence-electron chi connectivity index (χ0n) is 8.80. The molecule has 0 aliphatic rings. The second-order valence-electron chi connectivity index (χ2n) is 3.26. The molecule has 0 saturated carbocycles. The second kappa shape index (κ2) is 4.57. The molecule has 5 heteroatoms. The number of H-pyrrole nitrogens is 1. The molecule has 0 fully saturated rings. The Hall–Kier alpha value is -2.17. The topological polar surface area (TPSA) is 67.9 Å². The molecule has 1 N–H and O–H groups in total. The van der Waals surface area contributed by atoms with Gasteiger partial charge in [-0.25, -0.2) is 0 Å². The van der Waals surface area contributed by atoms with Crippen LogP contribution in [0.15, 0.2) is 30.7 Å². The Balaban J connectivity index is 2.29. The van der Waals surface area contributed by atoms with Gasteiger partial charge in [-0.05, 0) is 12.1 Å². The predicted molar refractivity (Wildman–Crippen MR) is 57.5 cm³/mol. The van der Waals surface area contributed by atoms with Gasteiger partial charge >= 0.3 is 5.97 Å². The van der Waals surface area contributed by atoms with Crippen molar-refractivity contribution in [1.29, 1.82) is 0 Å². The Labute approximate surface area is 92.5 Å². The number of aromatic nitrogens is 3. The van der Waals surface area contributed by atoms with E-state index in [9.17, 15) is 4.79 Å². The van der Waals surface area contributed by atoms with Crippen molar-refractivity contribution in [3.8, 4) is 11.3 Å². The van der Waals surface area contributed by atoms with Gasteiger partial charge in [-0.2, -0.15) is 5.10 Å². The van der Waals surface area contributed by atoms with Gasteiger partial charge in [-0.3, -0.25) is 14.9 Å². The lowest BCUT2D eigenvalue weighted by Crippen LogP contribution is -2.04. The molecule has 0 unspecified atom stereocenters. The van der Waals surface area contributed by atoms with E-state index in [-0.39, 0.29) is 12.4 Å². The molecule has 2 heterocycles. The first-order valence-electron chi connectivity index (χ1n) is 4.80. The van der Waals surface area contributed by atoms with E-state index in [0.29, 0.717) is 0 Å². The first-order valence-corrected chi connectivity index (χ1v) is 4.80. The van der Waals surface area contributed by atoms with Crippen LogP contribution in [0.25, 0.3) is 11.3 Å². The van der Waals surface area contributed by atoms with E-state index in [1.165, 1.54) is 7.11 Å². The number of pyridine rings is 1. The van der Waals surface area contributed by atoms with Crippen molar-refractivity contribution in [2.45, 2.75) is 6.42 Å². The number of nitrogens with zero attached hydrogens (tertiary/aromatic N) is 2. The number of esters is 1. The molecule has 0 saturated heterocycles. The highest BCUT2D eigenvalue weighted by molar-refractivity contribution is 5.76. The van der Waals surface area contributed by atoms with Crippen LogP contribution in [0.5, 0.6) is 0 Å². The first-order chi connectivity index (χ1) is 7.81. The molecule has 0 bridgehead atoms. The van der Waals surface area contributed by atoms with Crippen molar-refractivity contribution >= 4 is 5.97 Å². The lowest BCUT2D eigenvalue weighted by Gasteiger charge is -2.01. The smallest absolute Gasteiger partial charge is 0.310 e. The van der Waals surface area contributed by atoms with E-state index in [0.717, 1.165) is 16.8 Å². The largest absolute Gasteiger partial charge is 0.469 e. The third-order valence-electron chi connectivity index (χ3n) is 2.23. The quantitative estimate of drug-likeness (QED) is 0.784. The van der Waals surface area contributed by atoms with Crippen LogP contribution in [0.3, 0.4) is 0 Å². The fraction of sp³-hybridized carbons (Fsp3) is 0.182. The average Bonchev–Trinajstić information content (AvgIpc) is 2.78. The number of hydrogen-bond acceptors (Lipinski definition) is 4. The van der Waals surface area contributed by atoms with Gasteiger partial charge in [-0.1, -0.05) is 0 Å². The van der Waals surface area contributed by atoms with Gasteiger partial charge in [0.15, 0.2) is 0 Å². The van der Waals surface area contributed by atoms with Crippen molar-refractivity contribution in [1.82, 2.24) is 15.2 Å². The number of ether oxygens (including phenoxy) is 1. The van der Waals surface area contributed by atoms with Gasteiger partial charge in [0.05, 0.1) is 25.4 Å². The molecule has 2 aromatic rings. The molecule has 2 rings (SSSR count). The van der Waals surface area contributed by atoms with E-state index in [4.69, 9.17) is 0 Å². The number of aromatic amines is 1. The molecule has 2 aromatic heterocycles. The fourth-order valence-corrected chi connectivity index (χ4v) is 1.43. The van der Waals surface area contributed by atoms with Gasteiger partial charge in [0.25, 0.3) is 0 Å². The second-order valence-corrected chi connectivity index (χ2v) is 3.26. The van der Waals surface area contributed by atoms with Crippen LogP contribution in [0.1, 0.15) is 5.56 Å². The summed E-state index contributed by atoms with van der Waals surface area (Å²) in [5.74, 6) is -0.286. The van der Waals surface area contributed by atoms with Gasteiger partial charge in [0, 0.05) is 23.5 Å². The van der Waals surface area contributed by atoms with E-state index in [1.54, 1.807) is 18.6 Å². The molecule has 5 nitrogen and oxygen atoms in total. The van der Waals surface area contributed by atoms with E-state index in [2.05, 4.69) is 19.9 Å². The summed E-state index contributed by atoms with van der Waals surface area (Å²) in [6.45, 7) is 0. The zero-order chi connectivity index (χ0) is 11.4. The van der Waals surface area contributed by atoms with Crippen LogP contribution in [0.4, 0.5) is 0 Å². The highest BCUT2D eigenvalue weighted by Gasteiger charge is 2.11. The predicted octanol–water partition coefficient (Wildman–Crippen LogP) is 1.19. The van der Waals surface area contributed by atoms with Crippen LogP contribution in [0, 0.1) is 0 Å². The van der Waals surface area contributed by atoms with E-state index >= 15 is 0 Å². The lowest BCUT2D eigenvalue weighted by molar-refractivity contribution is -0.139. The van der Waals surface area contributed by atoms with Crippen molar-refractivity contribution in [2.24, 2.45) is 0 Å². The Kier molecular flexibility index (Phi) is 2.95. The van der Waals surface area contributed by atoms with Gasteiger partial charge < -0.3 is 4.74 Å². The minimum Gasteiger partial charge on any atom is -0.469 e. The number of methoxy groups -OCH3 is 1. The number of carbonyl (C=O) groups excluding carboxylic acids is 1. The number of nitrogens with one attached hydrogen (secondary N) is 1. The number of rotatable bonds is 3. The summed E-state index contributed by atoms with van der Waals surface area (Å²) in [6, 6.07) is 3.74. The van der Waals surface area contributed by atoms with E-state index in [1.807, 2.05) is 12.1 Å². The minimum absolute atomic E-state index is 0.206. The molecule has 0 aliphatic carbocycles. The van der Waals surface area contributed by atoms with Crippen LogP contribution in [-0.2, 0) is 16.0 Å². The summed E-state index contributed by atoms with van der Waals surface area (Å²) in [5, 5.41) is 6.78. The molecule has 0 atom stereocenters. The standard InChI is InChI=1S/C11H11N3O2/c1-16-10(15)5-9-7-13-14-11(9)8-3-2-4-12-6-8/h2-4,6-7H,5H2,1H3,(H,13,14). The van der Waals surface area contributed by atoms with Crippen LogP contribution in [-0.4, -0.2) is 28.3 Å². The summed E-state index contributed by atoms with van der Waals surface area (Å²) in [4.78, 5) is 15.2. The maximum Gasteiger partial charge on any atom is 0.310 e. The van der Waals surface area contributed by atoms with Crippen LogP contribution >= 0.6 is 0 Å². The summed E-state index contributed by atoms with van der Waals surface area (Å²) in [7, 11) is 1.37. The maximum absolute atomic E-state index is 11.2. The Bertz CT molecular complexity index is 479. The molecule has 0 aromatic carbocycles. The molecule has 0 spiro atoms. The fourth-order valence-electron chi connectivity index (χ4n) is 1.43. The highest BCUT2D eigenvalue weighted by Crippen LogP contribution is 2.20. The van der Waals surface area contributed by atoms with Crippen molar-refractivity contribution < 1.29 is 9.53 Å². The summed E-state index contributed by atoms with van der Waals surface area (Å²) in [5.41, 5.74) is 2.51. The van der Waals surface area contributed by atoms with Crippen LogP contribution < -0.4 is 0 Å². The van der Waals surface area contributed by atoms with E-state index < -0.39 is 0 Å². The summed E-state index contributed by atoms with van der Waals surface area (Å²) in [6.07, 6.45) is 5.24. The molecule has 0 radical (unpaired) electrons. The number of hydrogen-bond donors (Lipinski definition) is 1. The summed E-state index contributed by atoms with van der Waals surface area (Å²) < 4.78 is 4.62. The third-order valence-corrected chi connectivity index (χ3v) is 2.23. The molecular weight excluding hydrogens is 206 g/mol. The molecule has 82 valence electrons. The molecule has 16 heavy (non-hydrogen) atoms. The first kappa shape index (κ1) is 10.4. The Morgan fingerprint density at radius 2 is 2.38 bits per heavy atom. The monoisotopic (exact) mass is 217 g/mol. The minimum atomic E-state index is -0.286. The number of carbonyl (C=O) groups is 1. The molecular formula is C11H11N3O2. The summed E-state index contributed by atoms with van der Waals surface area (Å²) >= 11 is 0. The van der Waals surface area contributed by atoms with Crippen molar-refractivity contribution in [3.63, 3.8) is 0 Å². The Morgan fingerprint density at radius 3 is 3.06 bits per heavy atom. The highest BCUT2D eigenvalue weighted by atomic mass is 16.5. The normalized spacial score (nSPS) is 10.1. The van der Waals surface area contributed by atoms with Crippen molar-refractivity contribution in [3.05, 3.63) is 36.3 Å². The molecule has 0 aliphatic heterocycles.